The van der Waals surface area contributed by atoms with Crippen LogP contribution in [0.2, 0.25) is 0 Å². The van der Waals surface area contributed by atoms with E-state index in [-0.39, 0.29) is 18.5 Å². The van der Waals surface area contributed by atoms with Crippen molar-refractivity contribution in [3.05, 3.63) is 34.4 Å². The van der Waals surface area contributed by atoms with Gasteiger partial charge in [0.1, 0.15) is 5.75 Å². The molecule has 1 aromatic rings. The van der Waals surface area contributed by atoms with Gasteiger partial charge in [-0.25, -0.2) is 4.57 Å². The van der Waals surface area contributed by atoms with Gasteiger partial charge in [-0.05, 0) is 38.4 Å². The van der Waals surface area contributed by atoms with Crippen molar-refractivity contribution in [2.24, 2.45) is 5.73 Å². The molecule has 0 amide bonds. The zero-order valence-corrected chi connectivity index (χ0v) is 12.3. The Bertz CT molecular complexity index is 477. The quantitative estimate of drug-likeness (QED) is 0.325. The van der Waals surface area contributed by atoms with Crippen LogP contribution in [0.15, 0.2) is 24.3 Å². The van der Waals surface area contributed by atoms with E-state index in [1.165, 1.54) is 24.3 Å². The highest BCUT2D eigenvalue weighted by Crippen LogP contribution is 2.49. The molecule has 8 heteroatoms. The third-order valence-corrected chi connectivity index (χ3v) is 4.51. The predicted molar refractivity (Wildman–Crippen MR) is 76.1 cm³/mol. The van der Waals surface area contributed by atoms with Crippen LogP contribution in [0.5, 0.6) is 5.75 Å². The molecule has 0 spiro atoms. The number of nitro groups is 1. The molecular formula is C12H19N2O5P. The number of nitrogens with zero attached hydrogens (tertiary/aromatic N) is 1. The number of nitro benzene ring substituents is 1. The zero-order valence-electron chi connectivity index (χ0n) is 11.4. The number of hydrogen-bond donors (Lipinski definition) is 1. The first-order valence-electron chi connectivity index (χ1n) is 6.38. The Balaban J connectivity index is 2.73. The van der Waals surface area contributed by atoms with Crippen LogP contribution in [0, 0.1) is 10.1 Å². The topological polar surface area (TPSA) is 105 Å². The van der Waals surface area contributed by atoms with Crippen molar-refractivity contribution in [1.29, 1.82) is 0 Å². The Kier molecular flexibility index (Phi) is 6.64. The van der Waals surface area contributed by atoms with Gasteiger partial charge in [-0.15, -0.1) is 0 Å². The summed E-state index contributed by atoms with van der Waals surface area (Å²) in [6, 6.07) is 5.41. The van der Waals surface area contributed by atoms with E-state index in [9.17, 15) is 14.7 Å². The Hall–Kier alpha value is -1.43. The van der Waals surface area contributed by atoms with Crippen molar-refractivity contribution in [3.63, 3.8) is 0 Å². The molecule has 0 bridgehead atoms. The number of benzene rings is 1. The van der Waals surface area contributed by atoms with Crippen molar-refractivity contribution < 1.29 is 18.5 Å². The molecule has 0 aliphatic heterocycles. The highest BCUT2D eigenvalue weighted by molar-refractivity contribution is 7.54. The minimum Gasteiger partial charge on any atom is -0.424 e. The largest absolute Gasteiger partial charge is 0.424 e. The molecule has 0 radical (unpaired) electrons. The Labute approximate surface area is 117 Å². The maximum absolute atomic E-state index is 12.5. The van der Waals surface area contributed by atoms with Gasteiger partial charge < -0.3 is 14.8 Å². The van der Waals surface area contributed by atoms with Gasteiger partial charge in [-0.1, -0.05) is 0 Å². The van der Waals surface area contributed by atoms with Crippen LogP contribution in [-0.2, 0) is 9.09 Å². The van der Waals surface area contributed by atoms with Crippen molar-refractivity contribution in [2.45, 2.75) is 19.8 Å². The normalized spacial score (nSPS) is 13.7. The Morgan fingerprint density at radius 1 is 1.30 bits per heavy atom. The lowest BCUT2D eigenvalue weighted by atomic mass is 10.3. The number of rotatable bonds is 9. The number of unbranched alkanes of at least 4 members (excludes halogenated alkanes) is 1. The third-order valence-electron chi connectivity index (χ3n) is 2.50. The van der Waals surface area contributed by atoms with Gasteiger partial charge in [0.2, 0.25) is 0 Å². The first kappa shape index (κ1) is 16.6. The summed E-state index contributed by atoms with van der Waals surface area (Å²) in [5.74, 6) is 0.292. The summed E-state index contributed by atoms with van der Waals surface area (Å²) >= 11 is 0. The molecule has 0 aromatic heterocycles. The van der Waals surface area contributed by atoms with E-state index in [1.807, 2.05) is 0 Å². The van der Waals surface area contributed by atoms with Crippen LogP contribution in [0.25, 0.3) is 0 Å². The molecule has 1 unspecified atom stereocenters. The predicted octanol–water partition coefficient (Wildman–Crippen LogP) is 2.94. The van der Waals surface area contributed by atoms with E-state index >= 15 is 0 Å². The molecule has 0 fully saturated rings. The lowest BCUT2D eigenvalue weighted by molar-refractivity contribution is -0.384. The highest BCUT2D eigenvalue weighted by Gasteiger charge is 2.25. The lowest BCUT2D eigenvalue weighted by Crippen LogP contribution is -2.05. The van der Waals surface area contributed by atoms with Gasteiger partial charge in [0.15, 0.2) is 0 Å². The maximum atomic E-state index is 12.5. The van der Waals surface area contributed by atoms with Gasteiger partial charge in [-0.2, -0.15) is 0 Å². The van der Waals surface area contributed by atoms with Gasteiger partial charge in [0.25, 0.3) is 5.69 Å². The van der Waals surface area contributed by atoms with Gasteiger partial charge in [0.05, 0.1) is 17.7 Å². The molecule has 7 nitrogen and oxygen atoms in total. The second-order valence-corrected chi connectivity index (χ2v) is 6.20. The van der Waals surface area contributed by atoms with Crippen LogP contribution in [0.1, 0.15) is 19.8 Å². The van der Waals surface area contributed by atoms with Crippen molar-refractivity contribution in [2.75, 3.05) is 19.3 Å². The summed E-state index contributed by atoms with van der Waals surface area (Å²) in [4.78, 5) is 10.0. The number of non-ortho nitro benzene ring substituents is 1. The fourth-order valence-electron chi connectivity index (χ4n) is 1.57. The SMILES string of the molecule is CCOP(=O)(CCCCN)Oc1ccc([N+](=O)[O-])cc1. The van der Waals surface area contributed by atoms with E-state index < -0.39 is 12.5 Å². The maximum Gasteiger partial charge on any atom is 0.379 e. The van der Waals surface area contributed by atoms with E-state index in [0.29, 0.717) is 18.7 Å². The monoisotopic (exact) mass is 302 g/mol. The molecule has 1 atom stereocenters. The molecular weight excluding hydrogens is 283 g/mol. The summed E-state index contributed by atoms with van der Waals surface area (Å²) in [6.45, 7) is 2.52. The lowest BCUT2D eigenvalue weighted by Gasteiger charge is -2.18. The summed E-state index contributed by atoms with van der Waals surface area (Å²) in [5, 5.41) is 10.5. The molecule has 0 saturated carbocycles. The average Bonchev–Trinajstić information content (AvgIpc) is 2.39. The summed E-state index contributed by atoms with van der Waals surface area (Å²) in [6.07, 6.45) is 1.65. The molecule has 0 aliphatic carbocycles. The first-order valence-corrected chi connectivity index (χ1v) is 8.11. The highest BCUT2D eigenvalue weighted by atomic mass is 31.2. The van der Waals surface area contributed by atoms with Crippen molar-refractivity contribution in [3.8, 4) is 5.75 Å². The molecule has 20 heavy (non-hydrogen) atoms. The van der Waals surface area contributed by atoms with Crippen LogP contribution < -0.4 is 10.3 Å². The van der Waals surface area contributed by atoms with Crippen LogP contribution in [0.4, 0.5) is 5.69 Å². The molecule has 112 valence electrons. The van der Waals surface area contributed by atoms with Crippen LogP contribution in [0.3, 0.4) is 0 Å². The van der Waals surface area contributed by atoms with Crippen molar-refractivity contribution >= 4 is 13.3 Å². The fourth-order valence-corrected chi connectivity index (χ4v) is 3.29. The fraction of sp³-hybridized carbons (Fsp3) is 0.500. The molecule has 0 aliphatic rings. The van der Waals surface area contributed by atoms with E-state index in [4.69, 9.17) is 14.8 Å². The standard InChI is InChI=1S/C12H19N2O5P/c1-2-18-20(17,10-4-3-9-13)19-12-7-5-11(6-8-12)14(15)16/h5-8H,2-4,9-10,13H2,1H3. The zero-order chi connectivity index (χ0) is 15.0. The van der Waals surface area contributed by atoms with E-state index in [2.05, 4.69) is 0 Å². The molecule has 2 N–H and O–H groups in total. The Morgan fingerprint density at radius 3 is 2.45 bits per heavy atom. The second-order valence-electron chi connectivity index (χ2n) is 4.09. The molecule has 1 rings (SSSR count). The number of hydrogen-bond acceptors (Lipinski definition) is 6. The second kappa shape index (κ2) is 7.99. The summed E-state index contributed by atoms with van der Waals surface area (Å²) in [5.41, 5.74) is 5.34. The summed E-state index contributed by atoms with van der Waals surface area (Å²) in [7, 11) is -3.24. The minimum atomic E-state index is -3.24. The third kappa shape index (κ3) is 5.28. The van der Waals surface area contributed by atoms with Crippen LogP contribution in [-0.4, -0.2) is 24.2 Å². The van der Waals surface area contributed by atoms with E-state index in [1.54, 1.807) is 6.92 Å². The molecule has 0 heterocycles. The average molecular weight is 302 g/mol. The smallest absolute Gasteiger partial charge is 0.379 e. The Morgan fingerprint density at radius 2 is 1.95 bits per heavy atom. The van der Waals surface area contributed by atoms with Crippen LogP contribution >= 0.6 is 7.60 Å². The molecule has 0 saturated heterocycles. The first-order chi connectivity index (χ1) is 9.50. The minimum absolute atomic E-state index is 0.0493. The summed E-state index contributed by atoms with van der Waals surface area (Å²) < 4.78 is 23.1. The van der Waals surface area contributed by atoms with E-state index in [0.717, 1.165) is 6.42 Å². The van der Waals surface area contributed by atoms with Gasteiger partial charge in [0, 0.05) is 12.1 Å². The van der Waals surface area contributed by atoms with Gasteiger partial charge >= 0.3 is 7.60 Å². The number of nitrogens with two attached hydrogens (primary N) is 1. The molecule has 1 aromatic carbocycles. The van der Waals surface area contributed by atoms with Gasteiger partial charge in [-0.3, -0.25) is 10.1 Å². The van der Waals surface area contributed by atoms with Crippen molar-refractivity contribution in [1.82, 2.24) is 0 Å².